The minimum absolute atomic E-state index is 0.144. The third-order valence-corrected chi connectivity index (χ3v) is 14.8. The Balaban J connectivity index is 0.960. The predicted molar refractivity (Wildman–Crippen MR) is 300 cm³/mol. The van der Waals surface area contributed by atoms with E-state index in [1.807, 2.05) is 0 Å². The minimum Gasteiger partial charge on any atom is -0.310 e. The van der Waals surface area contributed by atoms with Crippen LogP contribution in [0.4, 0.5) is 17.1 Å². The van der Waals surface area contributed by atoms with Gasteiger partial charge in [0.2, 0.25) is 0 Å². The first-order valence-corrected chi connectivity index (χ1v) is 24.7. The van der Waals surface area contributed by atoms with Crippen molar-refractivity contribution in [3.05, 3.63) is 278 Å². The van der Waals surface area contributed by atoms with Gasteiger partial charge in [-0.25, -0.2) is 0 Å². The summed E-state index contributed by atoms with van der Waals surface area (Å²) in [6.45, 7) is 4.73. The quantitative estimate of drug-likeness (QED) is 0.140. The summed E-state index contributed by atoms with van der Waals surface area (Å²) in [7, 11) is 0. The number of nitrogens with zero attached hydrogens (tertiary/aromatic N) is 2. The van der Waals surface area contributed by atoms with Crippen molar-refractivity contribution in [1.29, 1.82) is 0 Å². The first-order chi connectivity index (χ1) is 35.0. The lowest BCUT2D eigenvalue weighted by molar-refractivity contribution is 0.660. The molecule has 71 heavy (non-hydrogen) atoms. The van der Waals surface area contributed by atoms with Crippen LogP contribution in [0.2, 0.25) is 0 Å². The summed E-state index contributed by atoms with van der Waals surface area (Å²) in [5, 5.41) is 2.46. The Morgan fingerprint density at radius 3 is 1.54 bits per heavy atom. The molecule has 11 aromatic carbocycles. The average molecular weight is 907 g/mol. The highest BCUT2D eigenvalue weighted by Crippen LogP contribution is 2.51. The highest BCUT2D eigenvalue weighted by atomic mass is 15.1. The van der Waals surface area contributed by atoms with Gasteiger partial charge in [-0.3, -0.25) is 0 Å². The second-order valence-electron chi connectivity index (χ2n) is 19.3. The second-order valence-corrected chi connectivity index (χ2v) is 19.3. The van der Waals surface area contributed by atoms with Gasteiger partial charge in [0.15, 0.2) is 0 Å². The Labute approximate surface area is 416 Å². The molecule has 2 nitrogen and oxygen atoms in total. The highest BCUT2D eigenvalue weighted by molar-refractivity contribution is 6.10. The molecular weight excluding hydrogens is 857 g/mol. The zero-order chi connectivity index (χ0) is 47.5. The zero-order valence-corrected chi connectivity index (χ0v) is 39.8. The maximum Gasteiger partial charge on any atom is 0.0547 e. The molecule has 0 amide bonds. The molecule has 0 spiro atoms. The van der Waals surface area contributed by atoms with Crippen LogP contribution in [0.25, 0.3) is 94.3 Å². The highest BCUT2D eigenvalue weighted by Gasteiger charge is 2.36. The molecule has 0 N–H and O–H groups in total. The largest absolute Gasteiger partial charge is 0.310 e. The van der Waals surface area contributed by atoms with Gasteiger partial charge in [0.05, 0.1) is 16.7 Å². The lowest BCUT2D eigenvalue weighted by Gasteiger charge is -2.30. The molecule has 0 aliphatic heterocycles. The van der Waals surface area contributed by atoms with Crippen LogP contribution < -0.4 is 4.90 Å². The third-order valence-electron chi connectivity index (χ3n) is 14.8. The molecule has 0 saturated carbocycles. The lowest BCUT2D eigenvalue weighted by Crippen LogP contribution is -2.17. The van der Waals surface area contributed by atoms with E-state index in [1.165, 1.54) is 77.4 Å². The molecule has 0 bridgehead atoms. The van der Waals surface area contributed by atoms with E-state index in [4.69, 9.17) is 0 Å². The fourth-order valence-electron chi connectivity index (χ4n) is 11.3. The number of anilines is 3. The van der Waals surface area contributed by atoms with E-state index in [0.717, 1.165) is 45.0 Å². The van der Waals surface area contributed by atoms with Crippen LogP contribution >= 0.6 is 0 Å². The van der Waals surface area contributed by atoms with E-state index < -0.39 is 0 Å². The summed E-state index contributed by atoms with van der Waals surface area (Å²) >= 11 is 0. The van der Waals surface area contributed by atoms with Crippen LogP contribution in [0.3, 0.4) is 0 Å². The molecule has 1 aliphatic rings. The van der Waals surface area contributed by atoms with Gasteiger partial charge in [-0.2, -0.15) is 0 Å². The van der Waals surface area contributed by atoms with Crippen LogP contribution in [0.15, 0.2) is 267 Å². The SMILES string of the molecule is CC1(C)c2ccccc2-c2ccc(N(c3cccc(-c4ccccc4)c3)c3ccccc3-c3cccc(-c4ccc5c6ccccc6n(-c6cc(-c7ccccc7)cc(-c7ccccc7)c6)c5c4)c3)cc21. The van der Waals surface area contributed by atoms with Gasteiger partial charge >= 0.3 is 0 Å². The summed E-state index contributed by atoms with van der Waals surface area (Å²) < 4.78 is 2.46. The number of fused-ring (bicyclic) bond motifs is 6. The number of para-hydroxylation sites is 2. The number of hydrogen-bond donors (Lipinski definition) is 0. The van der Waals surface area contributed by atoms with Crippen molar-refractivity contribution in [2.24, 2.45) is 0 Å². The van der Waals surface area contributed by atoms with Crippen LogP contribution in [0.5, 0.6) is 0 Å². The van der Waals surface area contributed by atoms with Crippen molar-refractivity contribution in [3.8, 4) is 72.4 Å². The topological polar surface area (TPSA) is 8.17 Å². The van der Waals surface area contributed by atoms with Crippen LogP contribution in [-0.4, -0.2) is 4.57 Å². The Kier molecular flexibility index (Phi) is 10.2. The molecule has 0 unspecified atom stereocenters. The molecule has 0 radical (unpaired) electrons. The second kappa shape index (κ2) is 17.2. The van der Waals surface area contributed by atoms with Gasteiger partial charge < -0.3 is 9.47 Å². The zero-order valence-electron chi connectivity index (χ0n) is 39.8. The number of aromatic nitrogens is 1. The summed E-state index contributed by atoms with van der Waals surface area (Å²) in [6.07, 6.45) is 0. The Bertz CT molecular complexity index is 3900. The lowest BCUT2D eigenvalue weighted by atomic mass is 9.82. The fraction of sp³-hybridized carbons (Fsp3) is 0.0435. The van der Waals surface area contributed by atoms with E-state index in [0.29, 0.717) is 0 Å². The van der Waals surface area contributed by atoms with Crippen molar-refractivity contribution in [2.75, 3.05) is 4.90 Å². The third kappa shape index (κ3) is 7.35. The van der Waals surface area contributed by atoms with E-state index >= 15 is 0 Å². The van der Waals surface area contributed by atoms with Crippen molar-refractivity contribution < 1.29 is 0 Å². The molecule has 1 heterocycles. The van der Waals surface area contributed by atoms with Crippen molar-refractivity contribution in [1.82, 2.24) is 4.57 Å². The van der Waals surface area contributed by atoms with Crippen molar-refractivity contribution in [3.63, 3.8) is 0 Å². The molecule has 0 saturated heterocycles. The molecule has 0 fully saturated rings. The van der Waals surface area contributed by atoms with Crippen molar-refractivity contribution >= 4 is 38.9 Å². The molecule has 2 heteroatoms. The molecule has 13 rings (SSSR count). The molecule has 336 valence electrons. The van der Waals surface area contributed by atoms with Gasteiger partial charge in [-0.15, -0.1) is 0 Å². The molecular formula is C69H50N2. The van der Waals surface area contributed by atoms with Crippen LogP contribution in [0, 0.1) is 0 Å². The molecule has 1 aromatic heterocycles. The Morgan fingerprint density at radius 2 is 0.803 bits per heavy atom. The predicted octanol–water partition coefficient (Wildman–Crippen LogP) is 18.9. The average Bonchev–Trinajstić information content (AvgIpc) is 3.89. The molecule has 12 aromatic rings. The standard InChI is InChI=1S/C69H50N2/c1-69(2)64-33-15-12-31-60(64)61-39-37-57(46-65(61)69)70(56-29-19-27-51(42-56)47-20-6-3-7-21-47)66-34-16-13-30-59(66)53-28-18-26-50(40-53)52-36-38-63-62-32-14-17-35-67(62)71(68(63)45-52)58-43-54(48-22-8-4-9-23-48)41-55(44-58)49-24-10-5-11-25-49/h3-46H,1-2H3. The first-order valence-electron chi connectivity index (χ1n) is 24.7. The normalized spacial score (nSPS) is 12.5. The number of hydrogen-bond acceptors (Lipinski definition) is 1. The van der Waals surface area contributed by atoms with E-state index in [-0.39, 0.29) is 5.41 Å². The number of benzene rings is 11. The Hall–Kier alpha value is -8.98. The first kappa shape index (κ1) is 42.1. The molecule has 1 aliphatic carbocycles. The van der Waals surface area contributed by atoms with E-state index in [1.54, 1.807) is 0 Å². The Morgan fingerprint density at radius 1 is 0.296 bits per heavy atom. The van der Waals surface area contributed by atoms with Gasteiger partial charge in [0.25, 0.3) is 0 Å². The minimum atomic E-state index is -0.144. The van der Waals surface area contributed by atoms with Gasteiger partial charge in [-0.1, -0.05) is 214 Å². The van der Waals surface area contributed by atoms with Gasteiger partial charge in [0, 0.05) is 38.8 Å². The van der Waals surface area contributed by atoms with Crippen molar-refractivity contribution in [2.45, 2.75) is 19.3 Å². The molecule has 0 atom stereocenters. The van der Waals surface area contributed by atoms with Gasteiger partial charge in [-0.05, 0) is 139 Å². The van der Waals surface area contributed by atoms with E-state index in [2.05, 4.69) is 290 Å². The summed E-state index contributed by atoms with van der Waals surface area (Å²) in [5.41, 5.74) is 23.8. The smallest absolute Gasteiger partial charge is 0.0547 e. The summed E-state index contributed by atoms with van der Waals surface area (Å²) in [5.74, 6) is 0. The van der Waals surface area contributed by atoms with Crippen LogP contribution in [0.1, 0.15) is 25.0 Å². The number of rotatable bonds is 9. The summed E-state index contributed by atoms with van der Waals surface area (Å²) in [6, 6.07) is 98.0. The fourth-order valence-corrected chi connectivity index (χ4v) is 11.3. The van der Waals surface area contributed by atoms with E-state index in [9.17, 15) is 0 Å². The maximum atomic E-state index is 2.46. The van der Waals surface area contributed by atoms with Crippen LogP contribution in [-0.2, 0) is 5.41 Å². The summed E-state index contributed by atoms with van der Waals surface area (Å²) in [4.78, 5) is 2.46. The monoisotopic (exact) mass is 906 g/mol. The maximum absolute atomic E-state index is 2.46. The van der Waals surface area contributed by atoms with Gasteiger partial charge in [0.1, 0.15) is 0 Å².